The predicted molar refractivity (Wildman–Crippen MR) is 210 cm³/mol. The van der Waals surface area contributed by atoms with Gasteiger partial charge in [0, 0.05) is 12.8 Å². The molecule has 4 N–H and O–H groups in total. The Bertz CT molecular complexity index is 1150. The summed E-state index contributed by atoms with van der Waals surface area (Å²) in [5.74, 6) is -2.02. The molecule has 0 aromatic rings. The summed E-state index contributed by atoms with van der Waals surface area (Å²) in [6.07, 6.45) is 24.9. The van der Waals surface area contributed by atoms with Crippen molar-refractivity contribution < 1.29 is 56.8 Å². The van der Waals surface area contributed by atoms with E-state index in [-0.39, 0.29) is 19.4 Å². The Kier molecular flexibility index (Phi) is 29.6. The molecule has 0 aliphatic carbocycles. The number of aliphatic hydroxyl groups excluding tert-OH is 3. The molecule has 0 saturated carbocycles. The molecular formula is C41H72O12S. The number of carbonyl (C=O) groups excluding carboxylic acids is 2. The topological polar surface area (TPSA) is 186 Å². The first-order valence-electron chi connectivity index (χ1n) is 20.5. The van der Waals surface area contributed by atoms with E-state index in [9.17, 15) is 37.9 Å². The number of ether oxygens (including phenoxy) is 4. The highest BCUT2D eigenvalue weighted by atomic mass is 32.2. The predicted octanol–water partition coefficient (Wildman–Crippen LogP) is 7.44. The summed E-state index contributed by atoms with van der Waals surface area (Å²) in [7, 11) is -4.60. The first-order chi connectivity index (χ1) is 26.0. The summed E-state index contributed by atoms with van der Waals surface area (Å²) in [6.45, 7) is 3.66. The minimum atomic E-state index is -4.60. The van der Waals surface area contributed by atoms with E-state index in [4.69, 9.17) is 18.9 Å². The van der Waals surface area contributed by atoms with E-state index < -0.39 is 71.2 Å². The standard InChI is InChI=1S/C41H72O12S/c1-3-5-7-9-11-13-14-15-16-17-18-19-20-22-24-26-28-30-37(43)52-34(31-50-36(42)29-27-25-23-21-12-10-8-6-4-2)32-51-41-40(46)39(45)38(44)35(53-41)33-54(47,48)49/h11,13,15-16,18-19,34-35,38-41,44-46H,3-10,12,14,17,20-33H2,1-2H3,(H,47,48,49)/b13-11+,16-15+,19-18+/t34-,35-,38-,39?,40?,41+/m1/s1. The third-order valence-electron chi connectivity index (χ3n) is 9.22. The van der Waals surface area contributed by atoms with Crippen LogP contribution in [0.4, 0.5) is 0 Å². The third-order valence-corrected chi connectivity index (χ3v) is 9.97. The van der Waals surface area contributed by atoms with Crippen LogP contribution in [0, 0.1) is 0 Å². The van der Waals surface area contributed by atoms with Crippen molar-refractivity contribution in [2.24, 2.45) is 0 Å². The van der Waals surface area contributed by atoms with Crippen LogP contribution in [0.15, 0.2) is 36.5 Å². The van der Waals surface area contributed by atoms with E-state index in [0.717, 1.165) is 64.2 Å². The van der Waals surface area contributed by atoms with Gasteiger partial charge in [-0.3, -0.25) is 14.1 Å². The van der Waals surface area contributed by atoms with Crippen LogP contribution in [0.3, 0.4) is 0 Å². The molecule has 0 bridgehead atoms. The molecule has 314 valence electrons. The Labute approximate surface area is 325 Å². The molecule has 12 nitrogen and oxygen atoms in total. The molecule has 1 aliphatic heterocycles. The molecular weight excluding hydrogens is 717 g/mol. The Hall–Kier alpha value is -2.13. The SMILES string of the molecule is CCCCC/C=C/C/C=C/C/C=C/CCCCCCC(=O)O[C@H](COC(=O)CCCCCCCCCCC)CO[C@H]1O[C@H](CS(=O)(=O)O)[C@@H](O)C(O)C1O. The minimum absolute atomic E-state index is 0.139. The third kappa shape index (κ3) is 26.6. The second-order valence-electron chi connectivity index (χ2n) is 14.3. The van der Waals surface area contributed by atoms with Crippen LogP contribution in [0.1, 0.15) is 155 Å². The van der Waals surface area contributed by atoms with Crippen LogP contribution in [0.5, 0.6) is 0 Å². The van der Waals surface area contributed by atoms with E-state index in [2.05, 4.69) is 50.3 Å². The number of hydrogen-bond donors (Lipinski definition) is 4. The Morgan fingerprint density at radius 3 is 1.69 bits per heavy atom. The van der Waals surface area contributed by atoms with Gasteiger partial charge < -0.3 is 34.3 Å². The van der Waals surface area contributed by atoms with E-state index in [1.54, 1.807) is 0 Å². The molecule has 0 aromatic heterocycles. The number of carbonyl (C=O) groups is 2. The van der Waals surface area contributed by atoms with Gasteiger partial charge in [0.15, 0.2) is 12.4 Å². The maximum Gasteiger partial charge on any atom is 0.306 e. The number of unbranched alkanes of at least 4 members (excludes halogenated alkanes) is 15. The highest BCUT2D eigenvalue weighted by Gasteiger charge is 2.46. The fourth-order valence-corrected chi connectivity index (χ4v) is 6.67. The fourth-order valence-electron chi connectivity index (χ4n) is 5.98. The van der Waals surface area contributed by atoms with Gasteiger partial charge in [-0.25, -0.2) is 0 Å². The second-order valence-corrected chi connectivity index (χ2v) is 15.8. The van der Waals surface area contributed by atoms with Gasteiger partial charge in [0.2, 0.25) is 0 Å². The maximum absolute atomic E-state index is 12.7. The van der Waals surface area contributed by atoms with Crippen molar-refractivity contribution in [1.29, 1.82) is 0 Å². The average molecular weight is 789 g/mol. The summed E-state index contributed by atoms with van der Waals surface area (Å²) >= 11 is 0. The summed E-state index contributed by atoms with van der Waals surface area (Å²) < 4.78 is 53.8. The van der Waals surface area contributed by atoms with Gasteiger partial charge >= 0.3 is 11.9 Å². The zero-order chi connectivity index (χ0) is 39.9. The van der Waals surface area contributed by atoms with Crippen LogP contribution in [-0.4, -0.2) is 96.0 Å². The Balaban J connectivity index is 2.50. The highest BCUT2D eigenvalue weighted by molar-refractivity contribution is 7.85. The van der Waals surface area contributed by atoms with Crippen molar-refractivity contribution in [3.05, 3.63) is 36.5 Å². The molecule has 2 unspecified atom stereocenters. The van der Waals surface area contributed by atoms with Gasteiger partial charge in [0.1, 0.15) is 36.8 Å². The van der Waals surface area contributed by atoms with Crippen LogP contribution >= 0.6 is 0 Å². The number of aliphatic hydroxyl groups is 3. The first kappa shape index (κ1) is 49.9. The zero-order valence-electron chi connectivity index (χ0n) is 33.1. The normalized spacial score (nSPS) is 21.3. The van der Waals surface area contributed by atoms with Crippen LogP contribution < -0.4 is 0 Å². The monoisotopic (exact) mass is 788 g/mol. The lowest BCUT2D eigenvalue weighted by Crippen LogP contribution is -2.60. The van der Waals surface area contributed by atoms with Crippen molar-refractivity contribution >= 4 is 22.1 Å². The number of esters is 2. The van der Waals surface area contributed by atoms with E-state index in [1.165, 1.54) is 51.4 Å². The van der Waals surface area contributed by atoms with E-state index in [0.29, 0.717) is 12.8 Å². The zero-order valence-corrected chi connectivity index (χ0v) is 33.9. The lowest BCUT2D eigenvalue weighted by molar-refractivity contribution is -0.297. The van der Waals surface area contributed by atoms with Gasteiger partial charge in [0.05, 0.1) is 6.61 Å². The van der Waals surface area contributed by atoms with Gasteiger partial charge in [-0.2, -0.15) is 8.42 Å². The molecule has 13 heteroatoms. The molecule has 1 fully saturated rings. The summed E-state index contributed by atoms with van der Waals surface area (Å²) in [5, 5.41) is 30.8. The van der Waals surface area contributed by atoms with Gasteiger partial charge in [-0.1, -0.05) is 127 Å². The van der Waals surface area contributed by atoms with Crippen molar-refractivity contribution in [1.82, 2.24) is 0 Å². The Morgan fingerprint density at radius 2 is 1.11 bits per heavy atom. The fraction of sp³-hybridized carbons (Fsp3) is 0.805. The van der Waals surface area contributed by atoms with Gasteiger partial charge in [-0.15, -0.1) is 0 Å². The molecule has 0 aromatic carbocycles. The first-order valence-corrected chi connectivity index (χ1v) is 22.2. The van der Waals surface area contributed by atoms with Crippen LogP contribution in [-0.2, 0) is 38.7 Å². The molecule has 1 heterocycles. The van der Waals surface area contributed by atoms with Crippen LogP contribution in [0.2, 0.25) is 0 Å². The van der Waals surface area contributed by atoms with Crippen LogP contribution in [0.25, 0.3) is 0 Å². The molecule has 0 amide bonds. The average Bonchev–Trinajstić information content (AvgIpc) is 3.13. The molecule has 0 spiro atoms. The Morgan fingerprint density at radius 1 is 0.630 bits per heavy atom. The summed E-state index contributed by atoms with van der Waals surface area (Å²) in [6, 6.07) is 0. The lowest BCUT2D eigenvalue weighted by atomic mass is 10.00. The number of rotatable bonds is 33. The summed E-state index contributed by atoms with van der Waals surface area (Å²) in [4.78, 5) is 25.2. The van der Waals surface area contributed by atoms with Crippen molar-refractivity contribution in [3.8, 4) is 0 Å². The molecule has 1 saturated heterocycles. The lowest BCUT2D eigenvalue weighted by Gasteiger charge is -2.40. The quantitative estimate of drug-likeness (QED) is 0.0223. The van der Waals surface area contributed by atoms with Gasteiger partial charge in [-0.05, 0) is 51.4 Å². The smallest absolute Gasteiger partial charge is 0.306 e. The highest BCUT2D eigenvalue weighted by Crippen LogP contribution is 2.24. The second kappa shape index (κ2) is 32.0. The van der Waals surface area contributed by atoms with Gasteiger partial charge in [0.25, 0.3) is 10.1 Å². The van der Waals surface area contributed by atoms with Crippen molar-refractivity contribution in [2.45, 2.75) is 192 Å². The largest absolute Gasteiger partial charge is 0.462 e. The molecule has 1 aliphatic rings. The number of hydrogen-bond acceptors (Lipinski definition) is 11. The molecule has 0 radical (unpaired) electrons. The maximum atomic E-state index is 12.7. The van der Waals surface area contributed by atoms with Crippen molar-refractivity contribution in [3.63, 3.8) is 0 Å². The minimum Gasteiger partial charge on any atom is -0.462 e. The van der Waals surface area contributed by atoms with E-state index >= 15 is 0 Å². The number of allylic oxidation sites excluding steroid dienone is 6. The molecule has 54 heavy (non-hydrogen) atoms. The molecule has 1 rings (SSSR count). The van der Waals surface area contributed by atoms with E-state index in [1.807, 2.05) is 0 Å². The summed E-state index contributed by atoms with van der Waals surface area (Å²) in [5.41, 5.74) is 0. The molecule has 6 atom stereocenters. The van der Waals surface area contributed by atoms with Crippen molar-refractivity contribution in [2.75, 3.05) is 19.0 Å².